The monoisotopic (exact) mass is 369 g/mol. The van der Waals surface area contributed by atoms with E-state index >= 15 is 0 Å². The van der Waals surface area contributed by atoms with Gasteiger partial charge in [-0.25, -0.2) is 0 Å². The minimum atomic E-state index is 1.09. The summed E-state index contributed by atoms with van der Waals surface area (Å²) in [6.45, 7) is 6.46. The summed E-state index contributed by atoms with van der Waals surface area (Å²) < 4.78 is 0. The second-order valence-electron chi connectivity index (χ2n) is 7.34. The van der Waals surface area contributed by atoms with Crippen LogP contribution in [0.1, 0.15) is 41.5 Å². The van der Waals surface area contributed by atoms with Crippen LogP contribution in [0.2, 0.25) is 0 Å². The zero-order chi connectivity index (χ0) is 19.4. The van der Waals surface area contributed by atoms with E-state index in [-0.39, 0.29) is 0 Å². The third-order valence-corrected chi connectivity index (χ3v) is 5.16. The van der Waals surface area contributed by atoms with Crippen molar-refractivity contribution >= 4 is 5.57 Å². The molecule has 0 atom stereocenters. The molecule has 0 radical (unpaired) electrons. The SMILES string of the molecule is C=C(c1ccccc1)c1ccc(CCCCNCCCc2ccccc2)cc1. The Balaban J connectivity index is 1.29. The molecule has 0 heterocycles. The molecule has 1 N–H and O–H groups in total. The molecule has 0 spiro atoms. The number of benzene rings is 3. The minimum Gasteiger partial charge on any atom is -0.317 e. The van der Waals surface area contributed by atoms with Crippen LogP contribution in [-0.2, 0) is 12.8 Å². The molecule has 0 bridgehead atoms. The maximum Gasteiger partial charge on any atom is -0.00457 e. The summed E-state index contributed by atoms with van der Waals surface area (Å²) in [7, 11) is 0. The number of nitrogens with one attached hydrogen (secondary N) is 1. The van der Waals surface area contributed by atoms with Crippen LogP contribution in [0, 0.1) is 0 Å². The van der Waals surface area contributed by atoms with E-state index in [1.807, 2.05) is 6.07 Å². The van der Waals surface area contributed by atoms with Crippen LogP contribution in [-0.4, -0.2) is 13.1 Å². The maximum absolute atomic E-state index is 4.25. The summed E-state index contributed by atoms with van der Waals surface area (Å²) in [6, 6.07) is 30.0. The molecule has 0 aliphatic heterocycles. The van der Waals surface area contributed by atoms with E-state index in [9.17, 15) is 0 Å². The van der Waals surface area contributed by atoms with Gasteiger partial charge in [-0.15, -0.1) is 0 Å². The normalized spacial score (nSPS) is 10.7. The van der Waals surface area contributed by atoms with Crippen LogP contribution >= 0.6 is 0 Å². The molecule has 0 fully saturated rings. The summed E-state index contributed by atoms with van der Waals surface area (Å²) in [6.07, 6.45) is 5.96. The lowest BCUT2D eigenvalue weighted by molar-refractivity contribution is 0.604. The highest BCUT2D eigenvalue weighted by molar-refractivity contribution is 5.77. The van der Waals surface area contributed by atoms with Gasteiger partial charge in [0.25, 0.3) is 0 Å². The maximum atomic E-state index is 4.25. The molecular formula is C27H31N. The van der Waals surface area contributed by atoms with E-state index in [0.717, 1.165) is 31.5 Å². The van der Waals surface area contributed by atoms with Crippen molar-refractivity contribution in [1.82, 2.24) is 5.32 Å². The lowest BCUT2D eigenvalue weighted by atomic mass is 9.97. The molecule has 3 rings (SSSR count). The van der Waals surface area contributed by atoms with Crippen molar-refractivity contribution in [3.63, 3.8) is 0 Å². The third kappa shape index (κ3) is 6.51. The zero-order valence-electron chi connectivity index (χ0n) is 16.7. The molecule has 3 aromatic carbocycles. The van der Waals surface area contributed by atoms with Gasteiger partial charge >= 0.3 is 0 Å². The molecule has 0 aliphatic carbocycles. The summed E-state index contributed by atoms with van der Waals surface area (Å²) in [5.74, 6) is 0. The number of hydrogen-bond donors (Lipinski definition) is 1. The average Bonchev–Trinajstić information content (AvgIpc) is 2.77. The van der Waals surface area contributed by atoms with Gasteiger partial charge in [0.05, 0.1) is 0 Å². The van der Waals surface area contributed by atoms with Crippen molar-refractivity contribution in [2.24, 2.45) is 0 Å². The third-order valence-electron chi connectivity index (χ3n) is 5.16. The Morgan fingerprint density at radius 1 is 0.571 bits per heavy atom. The molecule has 1 nitrogen and oxygen atoms in total. The minimum absolute atomic E-state index is 1.09. The Labute approximate surface area is 170 Å². The molecule has 0 aromatic heterocycles. The van der Waals surface area contributed by atoms with Crippen LogP contribution in [0.25, 0.3) is 5.57 Å². The average molecular weight is 370 g/mol. The van der Waals surface area contributed by atoms with Gasteiger partial charge < -0.3 is 5.32 Å². The fourth-order valence-corrected chi connectivity index (χ4v) is 3.44. The van der Waals surface area contributed by atoms with Crippen molar-refractivity contribution < 1.29 is 0 Å². The first-order valence-electron chi connectivity index (χ1n) is 10.4. The number of rotatable bonds is 11. The van der Waals surface area contributed by atoms with Crippen molar-refractivity contribution in [2.45, 2.75) is 32.1 Å². The highest BCUT2D eigenvalue weighted by atomic mass is 14.8. The lowest BCUT2D eigenvalue weighted by Crippen LogP contribution is -2.17. The summed E-state index contributed by atoms with van der Waals surface area (Å²) in [4.78, 5) is 0. The molecule has 144 valence electrons. The Morgan fingerprint density at radius 3 is 1.82 bits per heavy atom. The molecule has 0 saturated carbocycles. The van der Waals surface area contributed by atoms with Crippen molar-refractivity contribution in [2.75, 3.05) is 13.1 Å². The molecule has 0 aliphatic rings. The van der Waals surface area contributed by atoms with Crippen molar-refractivity contribution in [3.05, 3.63) is 114 Å². The van der Waals surface area contributed by atoms with Crippen LogP contribution in [0.15, 0.2) is 91.5 Å². The van der Waals surface area contributed by atoms with E-state index in [4.69, 9.17) is 0 Å². The second-order valence-corrected chi connectivity index (χ2v) is 7.34. The summed E-state index contributed by atoms with van der Waals surface area (Å²) in [5, 5.41) is 3.57. The largest absolute Gasteiger partial charge is 0.317 e. The number of unbranched alkanes of at least 4 members (excludes halogenated alkanes) is 1. The van der Waals surface area contributed by atoms with Gasteiger partial charge in [0, 0.05) is 0 Å². The van der Waals surface area contributed by atoms with Gasteiger partial charge in [-0.05, 0) is 73.0 Å². The quantitative estimate of drug-likeness (QED) is 0.391. The predicted molar refractivity (Wildman–Crippen MR) is 122 cm³/mol. The zero-order valence-corrected chi connectivity index (χ0v) is 16.7. The first-order valence-corrected chi connectivity index (χ1v) is 10.4. The van der Waals surface area contributed by atoms with E-state index in [0.29, 0.717) is 0 Å². The van der Waals surface area contributed by atoms with Gasteiger partial charge in [-0.2, -0.15) is 0 Å². The van der Waals surface area contributed by atoms with E-state index in [2.05, 4.69) is 90.8 Å². The Hall–Kier alpha value is -2.64. The highest BCUT2D eigenvalue weighted by Gasteiger charge is 2.02. The summed E-state index contributed by atoms with van der Waals surface area (Å²) >= 11 is 0. The fourth-order valence-electron chi connectivity index (χ4n) is 3.44. The number of aryl methyl sites for hydroxylation is 2. The van der Waals surface area contributed by atoms with Crippen LogP contribution in [0.5, 0.6) is 0 Å². The topological polar surface area (TPSA) is 12.0 Å². The second kappa shape index (κ2) is 11.3. The van der Waals surface area contributed by atoms with Gasteiger partial charge in [0.15, 0.2) is 0 Å². The van der Waals surface area contributed by atoms with Gasteiger partial charge in [-0.3, -0.25) is 0 Å². The smallest absolute Gasteiger partial charge is 0.00457 e. The van der Waals surface area contributed by atoms with Gasteiger partial charge in [0.1, 0.15) is 0 Å². The van der Waals surface area contributed by atoms with E-state index < -0.39 is 0 Å². The van der Waals surface area contributed by atoms with Crippen molar-refractivity contribution in [1.29, 1.82) is 0 Å². The van der Waals surface area contributed by atoms with Crippen LogP contribution in [0.4, 0.5) is 0 Å². The molecule has 0 amide bonds. The Bertz CT molecular complexity index is 819. The molecule has 28 heavy (non-hydrogen) atoms. The molecular weight excluding hydrogens is 338 g/mol. The van der Waals surface area contributed by atoms with E-state index in [1.54, 1.807) is 0 Å². The number of hydrogen-bond acceptors (Lipinski definition) is 1. The van der Waals surface area contributed by atoms with Gasteiger partial charge in [-0.1, -0.05) is 91.5 Å². The van der Waals surface area contributed by atoms with Gasteiger partial charge in [0.2, 0.25) is 0 Å². The first kappa shape index (κ1) is 20.1. The van der Waals surface area contributed by atoms with E-state index in [1.165, 1.54) is 41.5 Å². The van der Waals surface area contributed by atoms with Crippen LogP contribution < -0.4 is 5.32 Å². The van der Waals surface area contributed by atoms with Crippen LogP contribution in [0.3, 0.4) is 0 Å². The standard InChI is InChI=1S/C27H31N/c1-23(26-15-6-3-7-16-26)27-19-17-25(18-20-27)13-8-9-21-28-22-10-14-24-11-4-2-5-12-24/h2-7,11-12,15-20,28H,1,8-10,13-14,21-22H2. The first-order chi connectivity index (χ1) is 13.8. The molecule has 3 aromatic rings. The predicted octanol–water partition coefficient (Wildman–Crippen LogP) is 6.29. The fraction of sp³-hybridized carbons (Fsp3) is 0.259. The Morgan fingerprint density at radius 2 is 1.11 bits per heavy atom. The van der Waals surface area contributed by atoms with Crippen molar-refractivity contribution in [3.8, 4) is 0 Å². The molecule has 1 heteroatoms. The molecule has 0 unspecified atom stereocenters. The summed E-state index contributed by atoms with van der Waals surface area (Å²) in [5.41, 5.74) is 6.33. The Kier molecular flexibility index (Phi) is 8.08. The highest BCUT2D eigenvalue weighted by Crippen LogP contribution is 2.21. The lowest BCUT2D eigenvalue weighted by Gasteiger charge is -2.08. The molecule has 0 saturated heterocycles.